The minimum Gasteiger partial charge on any atom is -0.496 e. The van der Waals surface area contributed by atoms with Crippen LogP contribution in [0.2, 0.25) is 0 Å². The van der Waals surface area contributed by atoms with Crippen molar-refractivity contribution in [2.24, 2.45) is 0 Å². The van der Waals surface area contributed by atoms with E-state index >= 15 is 0 Å². The molecule has 1 aromatic carbocycles. The zero-order valence-electron chi connectivity index (χ0n) is 12.3. The summed E-state index contributed by atoms with van der Waals surface area (Å²) in [6.45, 7) is 0.461. The Bertz CT molecular complexity index is 853. The number of carboxylic acid groups (broad SMARTS) is 1. The number of nitrogen functional groups attached to an aromatic ring is 1. The van der Waals surface area contributed by atoms with Gasteiger partial charge >= 0.3 is 5.97 Å². The van der Waals surface area contributed by atoms with Crippen LogP contribution in [0.5, 0.6) is 5.75 Å². The molecule has 23 heavy (non-hydrogen) atoms. The van der Waals surface area contributed by atoms with Crippen molar-refractivity contribution in [2.45, 2.75) is 6.54 Å². The summed E-state index contributed by atoms with van der Waals surface area (Å²) in [5, 5.41) is 12.3. The number of aromatic nitrogens is 3. The lowest BCUT2D eigenvalue weighted by Gasteiger charge is -2.09. The van der Waals surface area contributed by atoms with E-state index in [-0.39, 0.29) is 17.4 Å². The number of benzene rings is 1. The predicted molar refractivity (Wildman–Crippen MR) is 81.2 cm³/mol. The van der Waals surface area contributed by atoms with Crippen molar-refractivity contribution in [1.29, 1.82) is 0 Å². The van der Waals surface area contributed by atoms with Gasteiger partial charge in [-0.1, -0.05) is 23.4 Å². The molecule has 0 unspecified atom stereocenters. The number of methoxy groups -OCH3 is 1. The van der Waals surface area contributed by atoms with Crippen LogP contribution in [0.4, 0.5) is 5.95 Å². The molecule has 0 aliphatic carbocycles. The van der Waals surface area contributed by atoms with Crippen LogP contribution >= 0.6 is 0 Å². The second-order valence-corrected chi connectivity index (χ2v) is 4.81. The molecule has 0 saturated heterocycles. The predicted octanol–water partition coefficient (Wildman–Crippen LogP) is 1.88. The van der Waals surface area contributed by atoms with Crippen molar-refractivity contribution < 1.29 is 19.2 Å². The van der Waals surface area contributed by atoms with Gasteiger partial charge in [0.15, 0.2) is 11.5 Å². The van der Waals surface area contributed by atoms with Gasteiger partial charge in [0.25, 0.3) is 0 Å². The lowest BCUT2D eigenvalue weighted by Crippen LogP contribution is -2.04. The van der Waals surface area contributed by atoms with Crippen LogP contribution in [0.15, 0.2) is 41.1 Å². The lowest BCUT2D eigenvalue weighted by atomic mass is 10.2. The fourth-order valence-corrected chi connectivity index (χ4v) is 2.19. The van der Waals surface area contributed by atoms with Crippen LogP contribution in [-0.2, 0) is 6.54 Å². The topological polar surface area (TPSA) is 116 Å². The van der Waals surface area contributed by atoms with Crippen LogP contribution in [0.3, 0.4) is 0 Å². The van der Waals surface area contributed by atoms with Gasteiger partial charge in [-0.2, -0.15) is 0 Å². The highest BCUT2D eigenvalue weighted by atomic mass is 16.5. The SMILES string of the molecule is COc1ccccc1Cn1cc(-c2cc(C(=O)O)no2)nc1N. The van der Waals surface area contributed by atoms with E-state index in [2.05, 4.69) is 10.1 Å². The summed E-state index contributed by atoms with van der Waals surface area (Å²) in [4.78, 5) is 15.0. The first kappa shape index (κ1) is 14.6. The molecule has 2 heterocycles. The van der Waals surface area contributed by atoms with Gasteiger partial charge in [0.1, 0.15) is 11.4 Å². The Hall–Kier alpha value is -3.29. The number of anilines is 1. The molecule has 0 saturated carbocycles. The van der Waals surface area contributed by atoms with Gasteiger partial charge < -0.3 is 24.7 Å². The molecular formula is C15H14N4O4. The largest absolute Gasteiger partial charge is 0.496 e. The molecule has 8 heteroatoms. The molecule has 3 aromatic rings. The molecule has 8 nitrogen and oxygen atoms in total. The quantitative estimate of drug-likeness (QED) is 0.738. The first-order valence-corrected chi connectivity index (χ1v) is 6.73. The second kappa shape index (κ2) is 5.84. The first-order chi connectivity index (χ1) is 11.1. The number of aromatic carboxylic acids is 1. The van der Waals surface area contributed by atoms with Gasteiger partial charge in [-0.05, 0) is 6.07 Å². The van der Waals surface area contributed by atoms with Crippen LogP contribution in [0.25, 0.3) is 11.5 Å². The number of para-hydroxylation sites is 1. The smallest absolute Gasteiger partial charge is 0.358 e. The average Bonchev–Trinajstić information content (AvgIpc) is 3.15. The maximum atomic E-state index is 10.8. The number of hydrogen-bond donors (Lipinski definition) is 2. The fourth-order valence-electron chi connectivity index (χ4n) is 2.19. The van der Waals surface area contributed by atoms with E-state index in [4.69, 9.17) is 20.1 Å². The van der Waals surface area contributed by atoms with Crippen LogP contribution in [-0.4, -0.2) is 32.9 Å². The zero-order chi connectivity index (χ0) is 16.4. The highest BCUT2D eigenvalue weighted by Gasteiger charge is 2.16. The third-order valence-electron chi connectivity index (χ3n) is 3.32. The van der Waals surface area contributed by atoms with E-state index in [1.54, 1.807) is 17.9 Å². The Labute approximate surface area is 131 Å². The highest BCUT2D eigenvalue weighted by Crippen LogP contribution is 2.24. The van der Waals surface area contributed by atoms with Gasteiger partial charge in [-0.25, -0.2) is 9.78 Å². The van der Waals surface area contributed by atoms with Gasteiger partial charge in [0.2, 0.25) is 5.95 Å². The van der Waals surface area contributed by atoms with Gasteiger partial charge in [0, 0.05) is 17.8 Å². The molecule has 3 N–H and O–H groups in total. The highest BCUT2D eigenvalue weighted by molar-refractivity contribution is 5.86. The maximum absolute atomic E-state index is 10.8. The molecule has 118 valence electrons. The van der Waals surface area contributed by atoms with E-state index in [0.29, 0.717) is 12.2 Å². The summed E-state index contributed by atoms with van der Waals surface area (Å²) in [6.07, 6.45) is 1.67. The normalized spacial score (nSPS) is 10.7. The number of nitrogens with two attached hydrogens (primary N) is 1. The average molecular weight is 314 g/mol. The molecule has 0 aliphatic heterocycles. The number of carboxylic acids is 1. The summed E-state index contributed by atoms with van der Waals surface area (Å²) >= 11 is 0. The number of carbonyl (C=O) groups is 1. The minimum absolute atomic E-state index is 0.183. The van der Waals surface area contributed by atoms with E-state index in [9.17, 15) is 4.79 Å². The molecule has 0 spiro atoms. The van der Waals surface area contributed by atoms with Gasteiger partial charge in [0.05, 0.1) is 13.7 Å². The monoisotopic (exact) mass is 314 g/mol. The number of hydrogen-bond acceptors (Lipinski definition) is 6. The van der Waals surface area contributed by atoms with E-state index in [1.165, 1.54) is 6.07 Å². The van der Waals surface area contributed by atoms with Crippen molar-refractivity contribution in [3.8, 4) is 17.2 Å². The standard InChI is InChI=1S/C15H14N4O4/c1-22-12-5-3-2-4-9(12)7-19-8-11(17-15(19)16)13-6-10(14(20)21)18-23-13/h2-6,8H,7H2,1H3,(H2,16,17)(H,20,21). The maximum Gasteiger partial charge on any atom is 0.358 e. The van der Waals surface area contributed by atoms with Gasteiger partial charge in [-0.3, -0.25) is 0 Å². The minimum atomic E-state index is -1.17. The molecule has 0 amide bonds. The molecule has 0 aliphatic rings. The molecule has 0 fully saturated rings. The van der Waals surface area contributed by atoms with Crippen molar-refractivity contribution in [1.82, 2.24) is 14.7 Å². The number of imidazole rings is 1. The second-order valence-electron chi connectivity index (χ2n) is 4.81. The Morgan fingerprint density at radius 1 is 1.43 bits per heavy atom. The zero-order valence-corrected chi connectivity index (χ0v) is 12.3. The van der Waals surface area contributed by atoms with Crippen molar-refractivity contribution in [3.05, 3.63) is 47.8 Å². The summed E-state index contributed by atoms with van der Waals surface area (Å²) < 4.78 is 12.0. The summed E-state index contributed by atoms with van der Waals surface area (Å²) in [7, 11) is 1.60. The molecule has 0 radical (unpaired) electrons. The van der Waals surface area contributed by atoms with Crippen LogP contribution in [0, 0.1) is 0 Å². The van der Waals surface area contributed by atoms with Crippen LogP contribution < -0.4 is 10.5 Å². The van der Waals surface area contributed by atoms with Crippen LogP contribution in [0.1, 0.15) is 16.1 Å². The van der Waals surface area contributed by atoms with E-state index < -0.39 is 5.97 Å². The van der Waals surface area contributed by atoms with Gasteiger partial charge in [-0.15, -0.1) is 0 Å². The first-order valence-electron chi connectivity index (χ1n) is 6.73. The molecule has 3 rings (SSSR count). The van der Waals surface area contributed by atoms with Crippen molar-refractivity contribution in [3.63, 3.8) is 0 Å². The molecule has 2 aromatic heterocycles. The fraction of sp³-hybridized carbons (Fsp3) is 0.133. The molecule has 0 bridgehead atoms. The third kappa shape index (κ3) is 2.86. The lowest BCUT2D eigenvalue weighted by molar-refractivity contribution is 0.0686. The number of rotatable bonds is 5. The van der Waals surface area contributed by atoms with Crippen molar-refractivity contribution in [2.75, 3.05) is 12.8 Å². The van der Waals surface area contributed by atoms with Crippen molar-refractivity contribution >= 4 is 11.9 Å². The Kier molecular flexibility index (Phi) is 3.71. The Balaban J connectivity index is 1.90. The number of ether oxygens (including phenoxy) is 1. The molecular weight excluding hydrogens is 300 g/mol. The summed E-state index contributed by atoms with van der Waals surface area (Å²) in [6, 6.07) is 8.87. The number of nitrogens with zero attached hydrogens (tertiary/aromatic N) is 3. The third-order valence-corrected chi connectivity index (χ3v) is 3.32. The van der Waals surface area contributed by atoms with E-state index in [0.717, 1.165) is 11.3 Å². The summed E-state index contributed by atoms with van der Waals surface area (Å²) in [5.41, 5.74) is 7.09. The Morgan fingerprint density at radius 2 is 2.22 bits per heavy atom. The summed E-state index contributed by atoms with van der Waals surface area (Å²) in [5.74, 6) is 0.100. The Morgan fingerprint density at radius 3 is 2.91 bits per heavy atom. The van der Waals surface area contributed by atoms with E-state index in [1.807, 2.05) is 24.3 Å². The molecule has 0 atom stereocenters.